The second-order valence-electron chi connectivity index (χ2n) is 5.75. The van der Waals surface area contributed by atoms with Crippen molar-refractivity contribution in [3.05, 3.63) is 0 Å². The largest absolute Gasteiger partial charge is 0.390 e. The Morgan fingerprint density at radius 1 is 1.11 bits per heavy atom. The fraction of sp³-hybridized carbons (Fsp3) is 1.00. The van der Waals surface area contributed by atoms with E-state index in [2.05, 4.69) is 13.8 Å². The average Bonchev–Trinajstić information content (AvgIpc) is 2.39. The summed E-state index contributed by atoms with van der Waals surface area (Å²) in [7, 11) is 1.67. The number of methoxy groups -OCH3 is 1. The molecule has 1 aliphatic rings. The first-order valence-electron chi connectivity index (χ1n) is 7.51. The summed E-state index contributed by atoms with van der Waals surface area (Å²) in [6.07, 6.45) is 3.59. The summed E-state index contributed by atoms with van der Waals surface area (Å²) in [6, 6.07) is 0. The van der Waals surface area contributed by atoms with Crippen molar-refractivity contribution >= 4 is 0 Å². The van der Waals surface area contributed by atoms with Crippen LogP contribution in [0.25, 0.3) is 0 Å². The van der Waals surface area contributed by atoms with E-state index in [9.17, 15) is 5.11 Å². The van der Waals surface area contributed by atoms with Gasteiger partial charge in [0.05, 0.1) is 25.4 Å². The molecule has 0 radical (unpaired) electrons. The van der Waals surface area contributed by atoms with Crippen LogP contribution in [-0.4, -0.2) is 50.9 Å². The van der Waals surface area contributed by atoms with Gasteiger partial charge in [0.1, 0.15) is 0 Å². The molecular weight excluding hydrogens is 244 g/mol. The molecule has 0 aliphatic heterocycles. The number of rotatable bonds is 9. The highest BCUT2D eigenvalue weighted by atomic mass is 16.5. The molecule has 1 N–H and O–H groups in total. The summed E-state index contributed by atoms with van der Waals surface area (Å²) in [5.74, 6) is 1.36. The summed E-state index contributed by atoms with van der Waals surface area (Å²) >= 11 is 0. The predicted molar refractivity (Wildman–Crippen MR) is 75.2 cm³/mol. The molecule has 0 bridgehead atoms. The third-order valence-corrected chi connectivity index (χ3v) is 3.94. The van der Waals surface area contributed by atoms with E-state index in [1.807, 2.05) is 0 Å². The summed E-state index contributed by atoms with van der Waals surface area (Å²) in [4.78, 5) is 0. The van der Waals surface area contributed by atoms with Crippen LogP contribution in [0.2, 0.25) is 0 Å². The van der Waals surface area contributed by atoms with E-state index in [1.54, 1.807) is 7.11 Å². The van der Waals surface area contributed by atoms with Gasteiger partial charge < -0.3 is 19.3 Å². The maximum atomic E-state index is 9.97. The van der Waals surface area contributed by atoms with E-state index in [1.165, 1.54) is 0 Å². The lowest BCUT2D eigenvalue weighted by Gasteiger charge is -2.35. The smallest absolute Gasteiger partial charge is 0.0836 e. The summed E-state index contributed by atoms with van der Waals surface area (Å²) in [5.41, 5.74) is 0. The highest BCUT2D eigenvalue weighted by Gasteiger charge is 2.30. The fourth-order valence-corrected chi connectivity index (χ4v) is 2.57. The zero-order valence-electron chi connectivity index (χ0n) is 12.6. The van der Waals surface area contributed by atoms with Crippen LogP contribution in [0, 0.1) is 11.8 Å². The third-order valence-electron chi connectivity index (χ3n) is 3.94. The van der Waals surface area contributed by atoms with Crippen molar-refractivity contribution in [2.75, 3.05) is 33.5 Å². The van der Waals surface area contributed by atoms with Gasteiger partial charge in [-0.05, 0) is 37.5 Å². The molecule has 0 spiro atoms. The van der Waals surface area contributed by atoms with Gasteiger partial charge in [0.25, 0.3) is 0 Å². The Balaban J connectivity index is 2.09. The van der Waals surface area contributed by atoms with E-state index in [-0.39, 0.29) is 12.2 Å². The van der Waals surface area contributed by atoms with Gasteiger partial charge in [-0.25, -0.2) is 0 Å². The summed E-state index contributed by atoms with van der Waals surface area (Å²) in [5, 5.41) is 9.97. The molecule has 0 aromatic carbocycles. The SMILES string of the molecule is COCCOCCCOC1CC(C(C)C)CCC1O. The molecule has 0 heterocycles. The lowest BCUT2D eigenvalue weighted by atomic mass is 9.79. The number of aliphatic hydroxyl groups is 1. The van der Waals surface area contributed by atoms with Gasteiger partial charge >= 0.3 is 0 Å². The van der Waals surface area contributed by atoms with E-state index in [0.717, 1.165) is 25.7 Å². The van der Waals surface area contributed by atoms with Crippen molar-refractivity contribution in [2.45, 2.75) is 51.7 Å². The molecule has 1 saturated carbocycles. The molecule has 114 valence electrons. The molecule has 0 aromatic rings. The number of aliphatic hydroxyl groups excluding tert-OH is 1. The van der Waals surface area contributed by atoms with Gasteiger partial charge in [-0.1, -0.05) is 13.8 Å². The van der Waals surface area contributed by atoms with Crippen LogP contribution in [0.15, 0.2) is 0 Å². The first-order chi connectivity index (χ1) is 9.15. The molecule has 1 rings (SSSR count). The molecule has 0 amide bonds. The van der Waals surface area contributed by atoms with Crippen LogP contribution in [0.1, 0.15) is 39.5 Å². The van der Waals surface area contributed by atoms with Crippen molar-refractivity contribution in [2.24, 2.45) is 11.8 Å². The van der Waals surface area contributed by atoms with Gasteiger partial charge in [-0.2, -0.15) is 0 Å². The number of hydrogen-bond donors (Lipinski definition) is 1. The van der Waals surface area contributed by atoms with Crippen LogP contribution in [0.5, 0.6) is 0 Å². The lowest BCUT2D eigenvalue weighted by molar-refractivity contribution is -0.0800. The minimum Gasteiger partial charge on any atom is -0.390 e. The Labute approximate surface area is 117 Å². The lowest BCUT2D eigenvalue weighted by Crippen LogP contribution is -2.37. The van der Waals surface area contributed by atoms with Crippen molar-refractivity contribution in [3.63, 3.8) is 0 Å². The molecule has 1 fully saturated rings. The van der Waals surface area contributed by atoms with E-state index in [4.69, 9.17) is 14.2 Å². The molecule has 0 aromatic heterocycles. The van der Waals surface area contributed by atoms with Crippen LogP contribution in [0.4, 0.5) is 0 Å². The Kier molecular flexibility index (Phi) is 8.62. The van der Waals surface area contributed by atoms with Crippen LogP contribution in [-0.2, 0) is 14.2 Å². The van der Waals surface area contributed by atoms with Crippen LogP contribution < -0.4 is 0 Å². The fourth-order valence-electron chi connectivity index (χ4n) is 2.57. The molecule has 3 unspecified atom stereocenters. The van der Waals surface area contributed by atoms with Crippen molar-refractivity contribution in [1.82, 2.24) is 0 Å². The maximum Gasteiger partial charge on any atom is 0.0836 e. The second kappa shape index (κ2) is 9.70. The molecule has 1 aliphatic carbocycles. The summed E-state index contributed by atoms with van der Waals surface area (Å²) < 4.78 is 16.1. The van der Waals surface area contributed by atoms with Crippen molar-refractivity contribution in [1.29, 1.82) is 0 Å². The van der Waals surface area contributed by atoms with Crippen molar-refractivity contribution in [3.8, 4) is 0 Å². The minimum atomic E-state index is -0.288. The first-order valence-corrected chi connectivity index (χ1v) is 7.51. The number of hydrogen-bond acceptors (Lipinski definition) is 4. The topological polar surface area (TPSA) is 47.9 Å². The van der Waals surface area contributed by atoms with E-state index >= 15 is 0 Å². The van der Waals surface area contributed by atoms with Crippen molar-refractivity contribution < 1.29 is 19.3 Å². The van der Waals surface area contributed by atoms with E-state index < -0.39 is 0 Å². The normalized spacial score (nSPS) is 27.9. The molecule has 4 heteroatoms. The zero-order chi connectivity index (χ0) is 14.1. The molecule has 19 heavy (non-hydrogen) atoms. The van der Waals surface area contributed by atoms with E-state index in [0.29, 0.717) is 38.3 Å². The second-order valence-corrected chi connectivity index (χ2v) is 5.75. The number of ether oxygens (including phenoxy) is 3. The highest BCUT2D eigenvalue weighted by Crippen LogP contribution is 2.31. The zero-order valence-corrected chi connectivity index (χ0v) is 12.6. The van der Waals surface area contributed by atoms with Crippen LogP contribution in [0.3, 0.4) is 0 Å². The van der Waals surface area contributed by atoms with Gasteiger partial charge in [0.2, 0.25) is 0 Å². The molecule has 4 nitrogen and oxygen atoms in total. The Morgan fingerprint density at radius 2 is 1.89 bits per heavy atom. The van der Waals surface area contributed by atoms with Gasteiger partial charge in [-0.15, -0.1) is 0 Å². The first kappa shape index (κ1) is 16.9. The third kappa shape index (κ3) is 6.70. The molecular formula is C15H30O4. The molecule has 3 atom stereocenters. The van der Waals surface area contributed by atoms with Gasteiger partial charge in [0, 0.05) is 20.3 Å². The highest BCUT2D eigenvalue weighted by molar-refractivity contribution is 4.81. The minimum absolute atomic E-state index is 0.0140. The molecule has 0 saturated heterocycles. The Bertz CT molecular complexity index is 220. The monoisotopic (exact) mass is 274 g/mol. The van der Waals surface area contributed by atoms with Gasteiger partial charge in [0.15, 0.2) is 0 Å². The predicted octanol–water partition coefficient (Wildman–Crippen LogP) is 2.24. The Hall–Kier alpha value is -0.160. The summed E-state index contributed by atoms with van der Waals surface area (Å²) in [6.45, 7) is 7.14. The van der Waals surface area contributed by atoms with Crippen LogP contribution >= 0.6 is 0 Å². The average molecular weight is 274 g/mol. The maximum absolute atomic E-state index is 9.97. The standard InChI is InChI=1S/C15H30O4/c1-12(2)13-5-6-14(16)15(11-13)19-8-4-7-18-10-9-17-3/h12-16H,4-11H2,1-3H3. The quantitative estimate of drug-likeness (QED) is 0.655. The Morgan fingerprint density at radius 3 is 2.58 bits per heavy atom. The van der Waals surface area contributed by atoms with Gasteiger partial charge in [-0.3, -0.25) is 0 Å².